The Morgan fingerprint density at radius 2 is 1.81 bits per heavy atom. The number of carbonyl (C=O) groups is 1. The number of hydrogen-bond donors (Lipinski definition) is 1. The largest absolute Gasteiger partial charge is 0.493 e. The lowest BCUT2D eigenvalue weighted by Crippen LogP contribution is -2.29. The van der Waals surface area contributed by atoms with Crippen LogP contribution < -0.4 is 20.3 Å². The molecule has 8 heteroatoms. The van der Waals surface area contributed by atoms with Crippen molar-refractivity contribution in [1.82, 2.24) is 20.1 Å². The first-order valence-corrected chi connectivity index (χ1v) is 9.99. The predicted octanol–water partition coefficient (Wildman–Crippen LogP) is 2.79. The van der Waals surface area contributed by atoms with Crippen LogP contribution in [0.4, 0.5) is 0 Å². The van der Waals surface area contributed by atoms with Gasteiger partial charge in [-0.1, -0.05) is 30.3 Å². The Balaban J connectivity index is 1.67. The maximum absolute atomic E-state index is 13.0. The second-order valence-corrected chi connectivity index (χ2v) is 7.04. The van der Waals surface area contributed by atoms with Gasteiger partial charge in [-0.15, -0.1) is 0 Å². The van der Waals surface area contributed by atoms with Crippen molar-refractivity contribution in [1.29, 1.82) is 0 Å². The minimum absolute atomic E-state index is 0.132. The Kier molecular flexibility index (Phi) is 6.12. The number of fused-ring (bicyclic) bond motifs is 1. The molecule has 0 saturated carbocycles. The third-order valence-electron chi connectivity index (χ3n) is 5.06. The molecule has 2 aromatic carbocycles. The van der Waals surface area contributed by atoms with Gasteiger partial charge in [-0.05, 0) is 29.8 Å². The molecule has 0 saturated heterocycles. The lowest BCUT2D eigenvalue weighted by atomic mass is 10.1. The molecule has 2 aromatic heterocycles. The van der Waals surface area contributed by atoms with E-state index >= 15 is 0 Å². The normalized spacial score (nSPS) is 10.7. The molecule has 0 aliphatic heterocycles. The zero-order valence-electron chi connectivity index (χ0n) is 17.7. The van der Waals surface area contributed by atoms with Gasteiger partial charge in [-0.2, -0.15) is 5.10 Å². The summed E-state index contributed by atoms with van der Waals surface area (Å²) in [6.07, 6.45) is 3.37. The van der Waals surface area contributed by atoms with Crippen molar-refractivity contribution < 1.29 is 14.3 Å². The number of rotatable bonds is 7. The summed E-state index contributed by atoms with van der Waals surface area (Å²) in [6.45, 7) is 0.412. The summed E-state index contributed by atoms with van der Waals surface area (Å²) in [7, 11) is 3.00. The number of aromatic nitrogens is 3. The van der Waals surface area contributed by atoms with Gasteiger partial charge in [0.1, 0.15) is 0 Å². The monoisotopic (exact) mass is 430 g/mol. The van der Waals surface area contributed by atoms with Gasteiger partial charge in [-0.3, -0.25) is 14.6 Å². The van der Waals surface area contributed by atoms with Crippen LogP contribution in [0.2, 0.25) is 0 Å². The number of pyridine rings is 1. The van der Waals surface area contributed by atoms with E-state index in [-0.39, 0.29) is 24.6 Å². The predicted molar refractivity (Wildman–Crippen MR) is 120 cm³/mol. The molecule has 4 aromatic rings. The molecule has 8 nitrogen and oxygen atoms in total. The van der Waals surface area contributed by atoms with Crippen molar-refractivity contribution in [2.75, 3.05) is 14.2 Å². The summed E-state index contributed by atoms with van der Waals surface area (Å²) in [5.74, 6) is 0.484. The minimum atomic E-state index is -0.336. The standard InChI is InChI=1S/C24H22N4O4/c1-31-21-11-5-10-19(22(21)32-2)23(29)26-14-20-17-8-3-4-9-18(17)24(30)28(27-20)15-16-7-6-12-25-13-16/h3-13H,14-15H2,1-2H3,(H,26,29). The molecule has 0 atom stereocenters. The summed E-state index contributed by atoms with van der Waals surface area (Å²) in [6, 6.07) is 16.0. The number of para-hydroxylation sites is 1. The van der Waals surface area contributed by atoms with Crippen LogP contribution in [0.5, 0.6) is 11.5 Å². The molecule has 0 fully saturated rings. The fourth-order valence-corrected chi connectivity index (χ4v) is 3.53. The van der Waals surface area contributed by atoms with Gasteiger partial charge in [0.05, 0.1) is 44.0 Å². The van der Waals surface area contributed by atoms with E-state index in [1.165, 1.54) is 18.9 Å². The molecule has 32 heavy (non-hydrogen) atoms. The smallest absolute Gasteiger partial charge is 0.274 e. The maximum Gasteiger partial charge on any atom is 0.274 e. The summed E-state index contributed by atoms with van der Waals surface area (Å²) in [4.78, 5) is 30.0. The molecule has 0 bridgehead atoms. The lowest BCUT2D eigenvalue weighted by Gasteiger charge is -2.14. The number of ether oxygens (including phenoxy) is 2. The van der Waals surface area contributed by atoms with Crippen molar-refractivity contribution >= 4 is 16.7 Å². The summed E-state index contributed by atoms with van der Waals surface area (Å²) in [5.41, 5.74) is 1.58. The maximum atomic E-state index is 13.0. The van der Waals surface area contributed by atoms with Gasteiger partial charge in [0.15, 0.2) is 11.5 Å². The van der Waals surface area contributed by atoms with E-state index in [2.05, 4.69) is 15.4 Å². The van der Waals surface area contributed by atoms with Crippen molar-refractivity contribution in [2.24, 2.45) is 0 Å². The molecule has 162 valence electrons. The van der Waals surface area contributed by atoms with E-state index in [1.807, 2.05) is 30.3 Å². The second kappa shape index (κ2) is 9.30. The molecule has 0 aliphatic carbocycles. The number of amides is 1. The van der Waals surface area contributed by atoms with E-state index in [0.717, 1.165) is 5.56 Å². The van der Waals surface area contributed by atoms with E-state index in [0.29, 0.717) is 33.5 Å². The topological polar surface area (TPSA) is 95.3 Å². The van der Waals surface area contributed by atoms with Gasteiger partial charge < -0.3 is 14.8 Å². The van der Waals surface area contributed by atoms with Crippen molar-refractivity contribution in [3.63, 3.8) is 0 Å². The van der Waals surface area contributed by atoms with Crippen LogP contribution in [-0.4, -0.2) is 34.9 Å². The molecule has 0 radical (unpaired) electrons. The van der Waals surface area contributed by atoms with Crippen LogP contribution in [-0.2, 0) is 13.1 Å². The zero-order valence-corrected chi connectivity index (χ0v) is 17.7. The molecule has 0 spiro atoms. The highest BCUT2D eigenvalue weighted by atomic mass is 16.5. The molecule has 1 N–H and O–H groups in total. The Hall–Kier alpha value is -4.20. The van der Waals surface area contributed by atoms with Crippen LogP contribution in [0.15, 0.2) is 71.8 Å². The number of nitrogens with one attached hydrogen (secondary N) is 1. The Morgan fingerprint density at radius 1 is 1.00 bits per heavy atom. The van der Waals surface area contributed by atoms with E-state index < -0.39 is 0 Å². The second-order valence-electron chi connectivity index (χ2n) is 7.04. The quantitative estimate of drug-likeness (QED) is 0.484. The Labute approximate surface area is 184 Å². The van der Waals surface area contributed by atoms with E-state index in [4.69, 9.17) is 9.47 Å². The molecule has 2 heterocycles. The number of carbonyl (C=O) groups excluding carboxylic acids is 1. The summed E-state index contributed by atoms with van der Waals surface area (Å²) < 4.78 is 12.0. The molecule has 0 unspecified atom stereocenters. The van der Waals surface area contributed by atoms with Gasteiger partial charge in [0.25, 0.3) is 11.5 Å². The van der Waals surface area contributed by atoms with Gasteiger partial charge >= 0.3 is 0 Å². The first kappa shape index (κ1) is 21.0. The van der Waals surface area contributed by atoms with Crippen LogP contribution >= 0.6 is 0 Å². The minimum Gasteiger partial charge on any atom is -0.493 e. The number of hydrogen-bond acceptors (Lipinski definition) is 6. The Morgan fingerprint density at radius 3 is 2.53 bits per heavy atom. The lowest BCUT2D eigenvalue weighted by molar-refractivity contribution is 0.0946. The first-order valence-electron chi connectivity index (χ1n) is 9.99. The highest BCUT2D eigenvalue weighted by Gasteiger charge is 2.17. The number of nitrogens with zero attached hydrogens (tertiary/aromatic N) is 3. The molecule has 0 aliphatic rings. The SMILES string of the molecule is COc1cccc(C(=O)NCc2nn(Cc3cccnc3)c(=O)c3ccccc23)c1OC. The van der Waals surface area contributed by atoms with Crippen LogP contribution in [0.1, 0.15) is 21.6 Å². The highest BCUT2D eigenvalue weighted by Crippen LogP contribution is 2.30. The summed E-state index contributed by atoms with van der Waals surface area (Å²) in [5, 5.41) is 8.65. The number of benzene rings is 2. The highest BCUT2D eigenvalue weighted by molar-refractivity contribution is 5.98. The summed E-state index contributed by atoms with van der Waals surface area (Å²) >= 11 is 0. The first-order chi connectivity index (χ1) is 15.6. The van der Waals surface area contributed by atoms with Gasteiger partial charge in [0, 0.05) is 17.8 Å². The fraction of sp³-hybridized carbons (Fsp3) is 0.167. The molecule has 1 amide bonds. The Bertz CT molecular complexity index is 1320. The van der Waals surface area contributed by atoms with Crippen molar-refractivity contribution in [3.8, 4) is 11.5 Å². The van der Waals surface area contributed by atoms with Crippen LogP contribution in [0.3, 0.4) is 0 Å². The van der Waals surface area contributed by atoms with Crippen LogP contribution in [0, 0.1) is 0 Å². The number of methoxy groups -OCH3 is 2. The van der Waals surface area contributed by atoms with Gasteiger partial charge in [0.2, 0.25) is 0 Å². The van der Waals surface area contributed by atoms with E-state index in [1.54, 1.807) is 36.7 Å². The molecular formula is C24H22N4O4. The third kappa shape index (κ3) is 4.15. The average molecular weight is 430 g/mol. The van der Waals surface area contributed by atoms with Crippen LogP contribution in [0.25, 0.3) is 10.8 Å². The van der Waals surface area contributed by atoms with Gasteiger partial charge in [-0.25, -0.2) is 4.68 Å². The van der Waals surface area contributed by atoms with Crippen molar-refractivity contribution in [3.05, 3.63) is 94.2 Å². The average Bonchev–Trinajstić information content (AvgIpc) is 2.84. The van der Waals surface area contributed by atoms with E-state index in [9.17, 15) is 9.59 Å². The van der Waals surface area contributed by atoms with Crippen molar-refractivity contribution in [2.45, 2.75) is 13.1 Å². The molecule has 4 rings (SSSR count). The molecular weight excluding hydrogens is 408 g/mol. The zero-order chi connectivity index (χ0) is 22.5. The fourth-order valence-electron chi connectivity index (χ4n) is 3.53. The third-order valence-corrected chi connectivity index (χ3v) is 5.06.